The van der Waals surface area contributed by atoms with Gasteiger partial charge in [-0.15, -0.1) is 0 Å². The van der Waals surface area contributed by atoms with Gasteiger partial charge in [0.2, 0.25) is 20.0 Å². The highest BCUT2D eigenvalue weighted by Gasteiger charge is 2.33. The van der Waals surface area contributed by atoms with Crippen molar-refractivity contribution in [2.24, 2.45) is 0 Å². The summed E-state index contributed by atoms with van der Waals surface area (Å²) in [6.07, 6.45) is 1.50. The molecule has 0 radical (unpaired) electrons. The molecule has 3 aromatic carbocycles. The molecule has 10 nitrogen and oxygen atoms in total. The Hall–Kier alpha value is -3.32. The Labute approximate surface area is 267 Å². The second-order valence-corrected chi connectivity index (χ2v) is 15.9. The number of nitrogens with zero attached hydrogens (tertiary/aromatic N) is 3. The molecule has 2 heterocycles. The zero-order valence-corrected chi connectivity index (χ0v) is 28.5. The van der Waals surface area contributed by atoms with E-state index < -0.39 is 20.0 Å². The summed E-state index contributed by atoms with van der Waals surface area (Å²) in [4.78, 5) is 2.42. The fourth-order valence-electron chi connectivity index (χ4n) is 5.89. The lowest BCUT2D eigenvalue weighted by molar-refractivity contribution is 0.348. The van der Waals surface area contributed by atoms with Crippen molar-refractivity contribution in [1.82, 2.24) is 8.61 Å². The Morgan fingerprint density at radius 2 is 1.22 bits per heavy atom. The molecule has 0 aliphatic carbocycles. The molecule has 0 spiro atoms. The van der Waals surface area contributed by atoms with Crippen molar-refractivity contribution in [2.45, 2.75) is 55.4 Å². The summed E-state index contributed by atoms with van der Waals surface area (Å²) in [7, 11) is -2.84. The molecule has 2 aliphatic rings. The number of fused-ring (bicyclic) bond motifs is 1. The predicted molar refractivity (Wildman–Crippen MR) is 175 cm³/mol. The van der Waals surface area contributed by atoms with E-state index in [0.717, 1.165) is 23.1 Å². The molecule has 45 heavy (non-hydrogen) atoms. The van der Waals surface area contributed by atoms with Gasteiger partial charge in [-0.25, -0.2) is 16.8 Å². The minimum Gasteiger partial charge on any atom is -0.495 e. The third-order valence-corrected chi connectivity index (χ3v) is 13.0. The quantitative estimate of drug-likeness (QED) is 0.310. The van der Waals surface area contributed by atoms with Crippen LogP contribution in [0.2, 0.25) is 0 Å². The highest BCUT2D eigenvalue weighted by atomic mass is 32.2. The Balaban J connectivity index is 1.33. The minimum absolute atomic E-state index is 0.0326. The molecular formula is C33H43N3O7S2. The summed E-state index contributed by atoms with van der Waals surface area (Å²) in [6.45, 7) is 8.25. The van der Waals surface area contributed by atoms with Gasteiger partial charge < -0.3 is 19.1 Å². The Bertz CT molecular complexity index is 1750. The van der Waals surface area contributed by atoms with E-state index in [-0.39, 0.29) is 34.8 Å². The van der Waals surface area contributed by atoms with Crippen molar-refractivity contribution in [3.63, 3.8) is 0 Å². The molecule has 12 heteroatoms. The maximum Gasteiger partial charge on any atom is 0.243 e. The molecule has 0 aromatic heterocycles. The van der Waals surface area contributed by atoms with E-state index in [1.165, 1.54) is 8.61 Å². The molecule has 244 valence electrons. The van der Waals surface area contributed by atoms with E-state index in [9.17, 15) is 16.8 Å². The molecule has 0 unspecified atom stereocenters. The second kappa shape index (κ2) is 12.8. The van der Waals surface area contributed by atoms with Crippen LogP contribution in [0.4, 0.5) is 5.69 Å². The number of methoxy groups -OCH3 is 3. The molecule has 3 aromatic rings. The van der Waals surface area contributed by atoms with Crippen molar-refractivity contribution in [3.8, 4) is 17.2 Å². The first-order valence-electron chi connectivity index (χ1n) is 15.1. The lowest BCUT2D eigenvalue weighted by atomic mass is 9.82. The minimum atomic E-state index is -3.84. The van der Waals surface area contributed by atoms with Crippen molar-refractivity contribution >= 4 is 25.7 Å². The van der Waals surface area contributed by atoms with Crippen molar-refractivity contribution in [1.29, 1.82) is 0 Å². The molecule has 1 fully saturated rings. The number of ether oxygens (including phenoxy) is 3. The van der Waals surface area contributed by atoms with Crippen LogP contribution in [-0.4, -0.2) is 79.5 Å². The van der Waals surface area contributed by atoms with Crippen LogP contribution >= 0.6 is 0 Å². The lowest BCUT2D eigenvalue weighted by Gasteiger charge is -2.36. The van der Waals surface area contributed by atoms with Crippen LogP contribution in [0.15, 0.2) is 64.4 Å². The highest BCUT2D eigenvalue weighted by molar-refractivity contribution is 7.89. The monoisotopic (exact) mass is 657 g/mol. The van der Waals surface area contributed by atoms with Gasteiger partial charge in [0.1, 0.15) is 5.75 Å². The predicted octanol–water partition coefficient (Wildman–Crippen LogP) is 4.66. The fourth-order valence-corrected chi connectivity index (χ4v) is 8.75. The molecule has 5 rings (SSSR count). The summed E-state index contributed by atoms with van der Waals surface area (Å²) in [5.74, 6) is 1.70. The fraction of sp³-hybridized carbons (Fsp3) is 0.455. The van der Waals surface area contributed by atoms with Gasteiger partial charge in [0.15, 0.2) is 11.5 Å². The van der Waals surface area contributed by atoms with Crippen LogP contribution in [0.5, 0.6) is 17.2 Å². The van der Waals surface area contributed by atoms with Crippen LogP contribution in [0, 0.1) is 0 Å². The summed E-state index contributed by atoms with van der Waals surface area (Å²) in [6, 6.07) is 15.8. The zero-order valence-electron chi connectivity index (χ0n) is 26.9. The number of anilines is 1. The highest BCUT2D eigenvalue weighted by Crippen LogP contribution is 2.37. The van der Waals surface area contributed by atoms with E-state index in [1.54, 1.807) is 51.7 Å². The first-order valence-corrected chi connectivity index (χ1v) is 18.0. The third-order valence-electron chi connectivity index (χ3n) is 9.21. The van der Waals surface area contributed by atoms with Crippen LogP contribution in [0.1, 0.15) is 43.9 Å². The summed E-state index contributed by atoms with van der Waals surface area (Å²) in [5, 5.41) is 0. The van der Waals surface area contributed by atoms with Crippen LogP contribution < -0.4 is 19.1 Å². The molecule has 2 aliphatic heterocycles. The first-order chi connectivity index (χ1) is 21.3. The number of sulfonamides is 2. The van der Waals surface area contributed by atoms with Gasteiger partial charge in [-0.05, 0) is 77.4 Å². The van der Waals surface area contributed by atoms with E-state index in [1.807, 2.05) is 29.2 Å². The number of benzene rings is 3. The average molecular weight is 658 g/mol. The molecular weight excluding hydrogens is 615 g/mol. The summed E-state index contributed by atoms with van der Waals surface area (Å²) in [5.41, 5.74) is 3.59. The standard InChI is InChI=1S/C33H43N3O7S2/c1-7-33(2,3)26-8-10-27(11-9-26)44(37,38)35-18-16-34(17-19-35)29-22-28(12-13-30(29)41-4)45(39,40)36-15-14-24-20-31(42-5)32(43-6)21-25(24)23-36/h8-13,20-22H,7,14-19,23H2,1-6H3. The Kier molecular flexibility index (Phi) is 9.42. The van der Waals surface area contributed by atoms with Gasteiger partial charge in [-0.3, -0.25) is 0 Å². The maximum absolute atomic E-state index is 13.9. The van der Waals surface area contributed by atoms with Crippen LogP contribution in [-0.2, 0) is 38.4 Å². The van der Waals surface area contributed by atoms with Crippen molar-refractivity contribution < 1.29 is 31.0 Å². The van der Waals surface area contributed by atoms with E-state index in [4.69, 9.17) is 14.2 Å². The Morgan fingerprint density at radius 3 is 1.80 bits per heavy atom. The van der Waals surface area contributed by atoms with Gasteiger partial charge in [-0.2, -0.15) is 8.61 Å². The van der Waals surface area contributed by atoms with Gasteiger partial charge in [0.05, 0.1) is 36.8 Å². The SMILES string of the molecule is CCC(C)(C)c1ccc(S(=O)(=O)N2CCN(c3cc(S(=O)(=O)N4CCc5cc(OC)c(OC)cc5C4)ccc3OC)CC2)cc1. The summed E-state index contributed by atoms with van der Waals surface area (Å²) >= 11 is 0. The van der Waals surface area contributed by atoms with Gasteiger partial charge in [-0.1, -0.05) is 32.9 Å². The van der Waals surface area contributed by atoms with E-state index in [0.29, 0.717) is 49.0 Å². The third kappa shape index (κ3) is 6.38. The number of hydrogen-bond donors (Lipinski definition) is 0. The molecule has 0 N–H and O–H groups in total. The largest absolute Gasteiger partial charge is 0.495 e. The maximum atomic E-state index is 13.9. The van der Waals surface area contributed by atoms with Gasteiger partial charge >= 0.3 is 0 Å². The normalized spacial score (nSPS) is 16.7. The zero-order chi connectivity index (χ0) is 32.6. The first kappa shape index (κ1) is 33.1. The molecule has 0 amide bonds. The number of piperazine rings is 1. The van der Waals surface area contributed by atoms with Crippen LogP contribution in [0.3, 0.4) is 0 Å². The molecule has 0 atom stereocenters. The van der Waals surface area contributed by atoms with Crippen molar-refractivity contribution in [3.05, 3.63) is 71.3 Å². The molecule has 0 saturated carbocycles. The van der Waals surface area contributed by atoms with Gasteiger partial charge in [0.25, 0.3) is 0 Å². The topological polar surface area (TPSA) is 106 Å². The lowest BCUT2D eigenvalue weighted by Crippen LogP contribution is -2.48. The van der Waals surface area contributed by atoms with E-state index >= 15 is 0 Å². The molecule has 0 bridgehead atoms. The van der Waals surface area contributed by atoms with Crippen LogP contribution in [0.25, 0.3) is 0 Å². The number of rotatable bonds is 10. The Morgan fingerprint density at radius 1 is 0.667 bits per heavy atom. The summed E-state index contributed by atoms with van der Waals surface area (Å²) < 4.78 is 74.2. The van der Waals surface area contributed by atoms with Gasteiger partial charge in [0, 0.05) is 39.3 Å². The van der Waals surface area contributed by atoms with Crippen molar-refractivity contribution in [2.75, 3.05) is 59.0 Å². The van der Waals surface area contributed by atoms with E-state index in [2.05, 4.69) is 20.8 Å². The second-order valence-electron chi connectivity index (χ2n) is 12.1. The molecule has 1 saturated heterocycles. The number of hydrogen-bond acceptors (Lipinski definition) is 8. The smallest absolute Gasteiger partial charge is 0.243 e. The average Bonchev–Trinajstić information content (AvgIpc) is 3.07.